The number of unbranched alkanes of at least 4 members (excludes halogenated alkanes) is 6. The molecule has 0 aliphatic heterocycles. The van der Waals surface area contributed by atoms with Gasteiger partial charge < -0.3 is 9.80 Å². The molecule has 0 aliphatic carbocycles. The zero-order valence-corrected chi connectivity index (χ0v) is 29.8. The van der Waals surface area contributed by atoms with Crippen LogP contribution in [0.15, 0.2) is 118 Å². The van der Waals surface area contributed by atoms with Crippen LogP contribution in [0.4, 0.5) is 34.1 Å². The summed E-state index contributed by atoms with van der Waals surface area (Å²) in [4.78, 5) is 5.01. The van der Waals surface area contributed by atoms with E-state index in [1.54, 1.807) is 0 Å². The van der Waals surface area contributed by atoms with E-state index < -0.39 is 0 Å². The average Bonchev–Trinajstić information content (AvgIpc) is 3.14. The molecule has 0 N–H and O–H groups in total. The first kappa shape index (κ1) is 36.5. The maximum Gasteiger partial charge on any atom is 0.0858 e. The van der Waals surface area contributed by atoms with Crippen LogP contribution >= 0.6 is 0 Å². The third-order valence-electron chi connectivity index (χ3n) is 8.69. The Hall–Kier alpha value is -4.32. The highest BCUT2D eigenvalue weighted by Crippen LogP contribution is 2.28. The Balaban J connectivity index is 1.31. The molecule has 4 aromatic rings. The summed E-state index contributed by atoms with van der Waals surface area (Å²) in [5.74, 6) is 0. The molecule has 0 fully saturated rings. The van der Waals surface area contributed by atoms with Gasteiger partial charge in [0.2, 0.25) is 0 Å². The van der Waals surface area contributed by atoms with Crippen LogP contribution in [0, 0.1) is 0 Å². The van der Waals surface area contributed by atoms with Crippen molar-refractivity contribution in [2.75, 3.05) is 36.0 Å². The molecule has 0 spiro atoms. The van der Waals surface area contributed by atoms with E-state index in [1.165, 1.54) is 75.6 Å². The summed E-state index contributed by atoms with van der Waals surface area (Å²) in [6, 6.07) is 33.4. The standard InChI is InChI=1S/C42H56N6/c1-5-9-13-33-48(34-14-10-6-2)42-29-25-40(26-30-42)46-44-38-21-17-36(18-22-38)35-15-19-37(20-16-35)43-45-39-23-27-41(28-24-39)47(31-11-7-3)32-12-8-4/h15-30H,5-14,31-34H2,1-4H3. The zero-order valence-electron chi connectivity index (χ0n) is 29.8. The Morgan fingerprint density at radius 3 is 0.896 bits per heavy atom. The molecule has 0 aliphatic rings. The maximum atomic E-state index is 4.51. The molecule has 0 unspecified atom stereocenters. The number of nitrogens with zero attached hydrogens (tertiary/aromatic N) is 6. The topological polar surface area (TPSA) is 55.9 Å². The molecule has 0 saturated carbocycles. The van der Waals surface area contributed by atoms with Gasteiger partial charge in [-0.3, -0.25) is 0 Å². The largest absolute Gasteiger partial charge is 0.372 e. The highest BCUT2D eigenvalue weighted by Gasteiger charge is 2.08. The summed E-state index contributed by atoms with van der Waals surface area (Å²) in [5.41, 5.74) is 8.18. The lowest BCUT2D eigenvalue weighted by molar-refractivity contribution is 0.636. The van der Waals surface area contributed by atoms with Crippen molar-refractivity contribution in [3.05, 3.63) is 97.1 Å². The maximum absolute atomic E-state index is 4.51. The van der Waals surface area contributed by atoms with Gasteiger partial charge in [-0.05, 0) is 110 Å². The van der Waals surface area contributed by atoms with E-state index >= 15 is 0 Å². The highest BCUT2D eigenvalue weighted by atomic mass is 15.1. The lowest BCUT2D eigenvalue weighted by atomic mass is 10.1. The van der Waals surface area contributed by atoms with E-state index in [0.29, 0.717) is 0 Å². The second-order valence-corrected chi connectivity index (χ2v) is 12.6. The van der Waals surface area contributed by atoms with Crippen LogP contribution in [0.5, 0.6) is 0 Å². The van der Waals surface area contributed by atoms with Crippen molar-refractivity contribution >= 4 is 34.1 Å². The molecule has 6 nitrogen and oxygen atoms in total. The van der Waals surface area contributed by atoms with Crippen molar-refractivity contribution in [3.63, 3.8) is 0 Å². The lowest BCUT2D eigenvalue weighted by Gasteiger charge is -2.25. The van der Waals surface area contributed by atoms with Crippen molar-refractivity contribution < 1.29 is 0 Å². The molecule has 4 rings (SSSR count). The van der Waals surface area contributed by atoms with Gasteiger partial charge in [-0.1, -0.05) is 90.5 Å². The van der Waals surface area contributed by atoms with Crippen molar-refractivity contribution in [3.8, 4) is 11.1 Å². The summed E-state index contributed by atoms with van der Waals surface area (Å²) in [5, 5.41) is 18.0. The Kier molecular flexibility index (Phi) is 15.8. The van der Waals surface area contributed by atoms with Crippen LogP contribution in [0.1, 0.15) is 91.9 Å². The lowest BCUT2D eigenvalue weighted by Crippen LogP contribution is -2.25. The predicted molar refractivity (Wildman–Crippen MR) is 206 cm³/mol. The van der Waals surface area contributed by atoms with Crippen LogP contribution in [0.2, 0.25) is 0 Å². The second kappa shape index (κ2) is 20.8. The van der Waals surface area contributed by atoms with Crippen LogP contribution in [0.25, 0.3) is 11.1 Å². The number of azo groups is 2. The Morgan fingerprint density at radius 2 is 0.604 bits per heavy atom. The van der Waals surface area contributed by atoms with Crippen molar-refractivity contribution in [2.45, 2.75) is 91.9 Å². The molecule has 0 atom stereocenters. The molecule has 0 bridgehead atoms. The zero-order chi connectivity index (χ0) is 33.8. The molecule has 48 heavy (non-hydrogen) atoms. The van der Waals surface area contributed by atoms with E-state index in [9.17, 15) is 0 Å². The number of hydrogen-bond acceptors (Lipinski definition) is 6. The number of rotatable bonds is 21. The highest BCUT2D eigenvalue weighted by molar-refractivity contribution is 5.67. The normalized spacial score (nSPS) is 11.5. The second-order valence-electron chi connectivity index (χ2n) is 12.6. The quantitative estimate of drug-likeness (QED) is 0.0669. The summed E-state index contributed by atoms with van der Waals surface area (Å²) in [7, 11) is 0. The third-order valence-corrected chi connectivity index (χ3v) is 8.69. The fourth-order valence-corrected chi connectivity index (χ4v) is 5.68. The third kappa shape index (κ3) is 12.0. The molecule has 6 heteroatoms. The van der Waals surface area contributed by atoms with Gasteiger partial charge in [0.25, 0.3) is 0 Å². The Labute approximate surface area is 290 Å². The minimum atomic E-state index is 0.830. The molecule has 0 aromatic heterocycles. The van der Waals surface area contributed by atoms with E-state index in [0.717, 1.165) is 60.1 Å². The summed E-state index contributed by atoms with van der Waals surface area (Å²) in [6.07, 6.45) is 12.4. The summed E-state index contributed by atoms with van der Waals surface area (Å²) < 4.78 is 0. The molecule has 0 amide bonds. The van der Waals surface area contributed by atoms with E-state index in [-0.39, 0.29) is 0 Å². The monoisotopic (exact) mass is 644 g/mol. The molecule has 4 aromatic carbocycles. The molecular formula is C42H56N6. The number of benzene rings is 4. The van der Waals surface area contributed by atoms with Gasteiger partial charge in [0.05, 0.1) is 22.7 Å². The number of hydrogen-bond donors (Lipinski definition) is 0. The first-order valence-electron chi connectivity index (χ1n) is 18.4. The Bertz CT molecular complexity index is 1470. The molecule has 0 saturated heterocycles. The van der Waals surface area contributed by atoms with E-state index in [1.807, 2.05) is 24.3 Å². The SMILES string of the molecule is CCCCCN(CCCCC)c1ccc(N=Nc2ccc(-c3ccc(N=Nc4ccc(N(CCCC)CCCC)cc4)cc3)cc2)cc1. The molecular weight excluding hydrogens is 589 g/mol. The fourth-order valence-electron chi connectivity index (χ4n) is 5.68. The van der Waals surface area contributed by atoms with Gasteiger partial charge in [-0.15, -0.1) is 0 Å². The van der Waals surface area contributed by atoms with Crippen LogP contribution in [-0.2, 0) is 0 Å². The van der Waals surface area contributed by atoms with Crippen molar-refractivity contribution in [1.29, 1.82) is 0 Å². The van der Waals surface area contributed by atoms with Gasteiger partial charge in [-0.25, -0.2) is 0 Å². The van der Waals surface area contributed by atoms with Gasteiger partial charge >= 0.3 is 0 Å². The average molecular weight is 645 g/mol. The van der Waals surface area contributed by atoms with Crippen molar-refractivity contribution in [2.24, 2.45) is 20.5 Å². The smallest absolute Gasteiger partial charge is 0.0858 e. The molecule has 0 heterocycles. The van der Waals surface area contributed by atoms with Gasteiger partial charge in [0.15, 0.2) is 0 Å². The van der Waals surface area contributed by atoms with E-state index in [2.05, 4.69) is 131 Å². The Morgan fingerprint density at radius 1 is 0.333 bits per heavy atom. The predicted octanol–water partition coefficient (Wildman–Crippen LogP) is 13.8. The van der Waals surface area contributed by atoms with Crippen LogP contribution < -0.4 is 9.80 Å². The summed E-state index contributed by atoms with van der Waals surface area (Å²) in [6.45, 7) is 13.4. The van der Waals surface area contributed by atoms with Gasteiger partial charge in [0, 0.05) is 37.6 Å². The first-order chi connectivity index (χ1) is 23.6. The van der Waals surface area contributed by atoms with Crippen LogP contribution in [0.3, 0.4) is 0 Å². The summed E-state index contributed by atoms with van der Waals surface area (Å²) >= 11 is 0. The minimum absolute atomic E-state index is 0.830. The molecule has 0 radical (unpaired) electrons. The van der Waals surface area contributed by atoms with Crippen molar-refractivity contribution in [1.82, 2.24) is 0 Å². The van der Waals surface area contributed by atoms with Gasteiger partial charge in [0.1, 0.15) is 0 Å². The fraction of sp³-hybridized carbons (Fsp3) is 0.429. The number of anilines is 2. The van der Waals surface area contributed by atoms with E-state index in [4.69, 9.17) is 0 Å². The minimum Gasteiger partial charge on any atom is -0.372 e. The van der Waals surface area contributed by atoms with Gasteiger partial charge in [-0.2, -0.15) is 20.5 Å². The van der Waals surface area contributed by atoms with Crippen LogP contribution in [-0.4, -0.2) is 26.2 Å². The molecule has 254 valence electrons. The first-order valence-corrected chi connectivity index (χ1v) is 18.4.